The number of hydrogen-bond donors (Lipinski definition) is 0. The van der Waals surface area contributed by atoms with Gasteiger partial charge >= 0.3 is 0 Å². The fraction of sp³-hybridized carbons (Fsp3) is 1.00. The lowest BCUT2D eigenvalue weighted by molar-refractivity contribution is 0.381. The van der Waals surface area contributed by atoms with Crippen molar-refractivity contribution in [3.63, 3.8) is 0 Å². The quantitative estimate of drug-likeness (QED) is 0.623. The summed E-state index contributed by atoms with van der Waals surface area (Å²) < 4.78 is 36.3. The molecule has 0 bridgehead atoms. The van der Waals surface area contributed by atoms with E-state index in [-0.39, 0.29) is 5.08 Å². The van der Waals surface area contributed by atoms with Crippen molar-refractivity contribution in [1.82, 2.24) is 0 Å². The van der Waals surface area contributed by atoms with Crippen LogP contribution in [0.3, 0.4) is 0 Å². The Balaban J connectivity index is 3.64. The molecule has 0 rings (SSSR count). The zero-order valence-corrected chi connectivity index (χ0v) is 8.72. The summed E-state index contributed by atoms with van der Waals surface area (Å²) in [5, 5.41) is -0.167. The van der Waals surface area contributed by atoms with E-state index in [2.05, 4.69) is 4.18 Å². The van der Waals surface area contributed by atoms with Gasteiger partial charge in [0, 0.05) is 6.26 Å². The monoisotopic (exact) mass is 218 g/mol. The average molecular weight is 218 g/mol. The predicted octanol–water partition coefficient (Wildman–Crippen LogP) is 0.337. The predicted molar refractivity (Wildman–Crippen MR) is 47.1 cm³/mol. The molecule has 0 aromatic rings. The minimum atomic E-state index is -3.05. The van der Waals surface area contributed by atoms with Gasteiger partial charge in [-0.1, -0.05) is 0 Å². The van der Waals surface area contributed by atoms with Crippen LogP contribution in [-0.4, -0.2) is 30.6 Å². The Labute approximate surface area is 72.7 Å². The van der Waals surface area contributed by atoms with Crippen LogP contribution in [0.1, 0.15) is 6.92 Å². The van der Waals surface area contributed by atoms with Gasteiger partial charge in [-0.05, 0) is 17.7 Å². The van der Waals surface area contributed by atoms with Crippen molar-refractivity contribution < 1.29 is 16.8 Å². The molecule has 1 atom stereocenters. The summed E-state index contributed by atoms with van der Waals surface area (Å²) in [5.74, 6) is 0. The maximum absolute atomic E-state index is 10.7. The molecule has 7 heteroatoms. The molecular weight excluding hydrogens is 208 g/mol. The van der Waals surface area contributed by atoms with Gasteiger partial charge in [-0.3, -0.25) is 4.18 Å². The highest BCUT2D eigenvalue weighted by atomic mass is 33.1. The van der Waals surface area contributed by atoms with Gasteiger partial charge in [0.1, 0.15) is 5.08 Å². The second-order valence-corrected chi connectivity index (χ2v) is 6.97. The van der Waals surface area contributed by atoms with Gasteiger partial charge in [0.2, 0.25) is 10.1 Å². The number of hydrogen-bond acceptors (Lipinski definition) is 5. The van der Waals surface area contributed by atoms with E-state index in [0.717, 1.165) is 17.0 Å². The van der Waals surface area contributed by atoms with E-state index in [9.17, 15) is 12.6 Å². The third-order valence-electron chi connectivity index (χ3n) is 0.572. The summed E-state index contributed by atoms with van der Waals surface area (Å²) in [6.07, 6.45) is 1.09. The summed E-state index contributed by atoms with van der Waals surface area (Å²) in [6.45, 7) is 2.02. The molecule has 11 heavy (non-hydrogen) atoms. The van der Waals surface area contributed by atoms with Crippen molar-refractivity contribution in [2.24, 2.45) is 0 Å². The fourth-order valence-corrected chi connectivity index (χ4v) is 4.30. The Morgan fingerprint density at radius 1 is 1.55 bits per heavy atom. The molecule has 0 aliphatic rings. The van der Waals surface area contributed by atoms with Crippen molar-refractivity contribution in [2.45, 2.75) is 6.92 Å². The average Bonchev–Trinajstić information content (AvgIpc) is 1.83. The zero-order valence-electron chi connectivity index (χ0n) is 6.27. The molecule has 1 unspecified atom stereocenters. The summed E-state index contributed by atoms with van der Waals surface area (Å²) in [6, 6.07) is 0. The molecule has 4 nitrogen and oxygen atoms in total. The standard InChI is InChI=1S/C4H10O4S3/c1-3-8-10(5)9-4-11(2,6)7/h3-4H2,1-2H3. The summed E-state index contributed by atoms with van der Waals surface area (Å²) in [5.41, 5.74) is 0. The zero-order chi connectivity index (χ0) is 8.91. The first-order chi connectivity index (χ1) is 4.95. The van der Waals surface area contributed by atoms with Crippen LogP contribution in [0.15, 0.2) is 0 Å². The lowest BCUT2D eigenvalue weighted by atomic mass is 10.9. The molecule has 0 heterocycles. The van der Waals surface area contributed by atoms with Crippen molar-refractivity contribution in [1.29, 1.82) is 0 Å². The van der Waals surface area contributed by atoms with Crippen LogP contribution in [0, 0.1) is 0 Å². The lowest BCUT2D eigenvalue weighted by Crippen LogP contribution is -2.01. The molecule has 0 amide bonds. The van der Waals surface area contributed by atoms with Gasteiger partial charge in [-0.15, -0.1) is 0 Å². The van der Waals surface area contributed by atoms with Crippen molar-refractivity contribution in [3.05, 3.63) is 0 Å². The molecule has 0 spiro atoms. The molecule has 0 aromatic carbocycles. The SMILES string of the molecule is CCOS(=O)SCS(C)(=O)=O. The molecule has 68 valence electrons. The molecule has 0 radical (unpaired) electrons. The third kappa shape index (κ3) is 8.32. The van der Waals surface area contributed by atoms with Crippen LogP contribution in [0.2, 0.25) is 0 Å². The Morgan fingerprint density at radius 3 is 2.45 bits per heavy atom. The summed E-state index contributed by atoms with van der Waals surface area (Å²) in [4.78, 5) is 0. The summed E-state index contributed by atoms with van der Waals surface area (Å²) >= 11 is 0. The van der Waals surface area contributed by atoms with E-state index < -0.39 is 19.9 Å². The maximum Gasteiger partial charge on any atom is 0.220 e. The topological polar surface area (TPSA) is 60.4 Å². The van der Waals surface area contributed by atoms with Gasteiger partial charge in [0.15, 0.2) is 9.84 Å². The van der Waals surface area contributed by atoms with Gasteiger partial charge in [-0.2, -0.15) is 0 Å². The van der Waals surface area contributed by atoms with Crippen LogP contribution >= 0.6 is 10.8 Å². The largest absolute Gasteiger partial charge is 0.282 e. The van der Waals surface area contributed by atoms with Gasteiger partial charge in [-0.25, -0.2) is 12.6 Å². The maximum atomic E-state index is 10.7. The summed E-state index contributed by atoms with van der Waals surface area (Å²) in [7, 11) is -3.81. The molecule has 0 aliphatic carbocycles. The molecule has 0 aliphatic heterocycles. The van der Waals surface area contributed by atoms with Gasteiger partial charge in [0.25, 0.3) is 0 Å². The fourth-order valence-electron chi connectivity index (χ4n) is 0.257. The van der Waals surface area contributed by atoms with Crippen molar-refractivity contribution >= 4 is 30.7 Å². The smallest absolute Gasteiger partial charge is 0.220 e. The Morgan fingerprint density at radius 2 is 2.09 bits per heavy atom. The highest BCUT2D eigenvalue weighted by molar-refractivity contribution is 8.69. The van der Waals surface area contributed by atoms with E-state index >= 15 is 0 Å². The first-order valence-electron chi connectivity index (χ1n) is 2.81. The number of sulfone groups is 1. The molecule has 0 saturated carbocycles. The molecule has 0 aromatic heterocycles. The Kier molecular flexibility index (Phi) is 5.32. The van der Waals surface area contributed by atoms with Crippen LogP contribution < -0.4 is 0 Å². The normalized spacial score (nSPS) is 14.7. The molecular formula is C4H10O4S3. The number of rotatable bonds is 5. The highest BCUT2D eigenvalue weighted by Crippen LogP contribution is 2.10. The van der Waals surface area contributed by atoms with Gasteiger partial charge in [0.05, 0.1) is 6.61 Å². The molecule has 0 fully saturated rings. The van der Waals surface area contributed by atoms with Gasteiger partial charge < -0.3 is 0 Å². The third-order valence-corrected chi connectivity index (χ3v) is 5.02. The van der Waals surface area contributed by atoms with E-state index in [0.29, 0.717) is 6.61 Å². The van der Waals surface area contributed by atoms with Crippen LogP contribution in [-0.2, 0) is 24.1 Å². The second-order valence-electron chi connectivity index (χ2n) is 1.77. The molecule has 0 saturated heterocycles. The first-order valence-corrected chi connectivity index (χ1v) is 7.45. The minimum Gasteiger partial charge on any atom is -0.282 e. The second kappa shape index (κ2) is 5.13. The van der Waals surface area contributed by atoms with E-state index in [1.807, 2.05) is 0 Å². The first kappa shape index (κ1) is 11.4. The van der Waals surface area contributed by atoms with E-state index in [1.165, 1.54) is 0 Å². The lowest BCUT2D eigenvalue weighted by Gasteiger charge is -1.97. The van der Waals surface area contributed by atoms with Crippen LogP contribution in [0.5, 0.6) is 0 Å². The Hall–Kier alpha value is 0.410. The highest BCUT2D eigenvalue weighted by Gasteiger charge is 2.06. The Bertz CT molecular complexity index is 219. The minimum absolute atomic E-state index is 0.167. The van der Waals surface area contributed by atoms with Crippen molar-refractivity contribution in [3.8, 4) is 0 Å². The van der Waals surface area contributed by atoms with Crippen LogP contribution in [0.25, 0.3) is 0 Å². The van der Waals surface area contributed by atoms with E-state index in [4.69, 9.17) is 0 Å². The van der Waals surface area contributed by atoms with Crippen molar-refractivity contribution in [2.75, 3.05) is 17.9 Å². The van der Waals surface area contributed by atoms with E-state index in [1.54, 1.807) is 6.92 Å². The van der Waals surface area contributed by atoms with Crippen LogP contribution in [0.4, 0.5) is 0 Å². The molecule has 0 N–H and O–H groups in total.